The average molecular weight is 198 g/mol. The van der Waals surface area contributed by atoms with Crippen LogP contribution in [-0.4, -0.2) is 12.1 Å². The number of ether oxygens (including phenoxy) is 1. The van der Waals surface area contributed by atoms with Crippen molar-refractivity contribution in [2.75, 3.05) is 0 Å². The fourth-order valence-electron chi connectivity index (χ4n) is 1.13. The van der Waals surface area contributed by atoms with Crippen molar-refractivity contribution in [2.24, 2.45) is 0 Å². The van der Waals surface area contributed by atoms with E-state index < -0.39 is 0 Å². The summed E-state index contributed by atoms with van der Waals surface area (Å²) in [7, 11) is 0. The predicted octanol–water partition coefficient (Wildman–Crippen LogP) is 3.46. The molecule has 2 heteroatoms. The zero-order valence-corrected chi connectivity index (χ0v) is 9.58. The summed E-state index contributed by atoms with van der Waals surface area (Å²) < 4.78 is 5.17. The lowest BCUT2D eigenvalue weighted by Gasteiger charge is -2.10. The minimum absolute atomic E-state index is 0.0497. The van der Waals surface area contributed by atoms with Gasteiger partial charge < -0.3 is 4.74 Å². The molecule has 0 heterocycles. The van der Waals surface area contributed by atoms with E-state index in [0.717, 1.165) is 32.1 Å². The topological polar surface area (TPSA) is 26.3 Å². The van der Waals surface area contributed by atoms with Crippen molar-refractivity contribution in [3.8, 4) is 0 Å². The maximum Gasteiger partial charge on any atom is 0.330 e. The highest BCUT2D eigenvalue weighted by Crippen LogP contribution is 2.04. The summed E-state index contributed by atoms with van der Waals surface area (Å²) in [6, 6.07) is 0. The van der Waals surface area contributed by atoms with Crippen molar-refractivity contribution in [3.05, 3.63) is 12.2 Å². The van der Waals surface area contributed by atoms with Gasteiger partial charge in [-0.2, -0.15) is 0 Å². The molecule has 0 rings (SSSR count). The van der Waals surface area contributed by atoms with E-state index in [1.165, 1.54) is 6.08 Å². The molecule has 0 aliphatic rings. The van der Waals surface area contributed by atoms with E-state index in [4.69, 9.17) is 4.74 Å². The van der Waals surface area contributed by atoms with Crippen LogP contribution in [0.3, 0.4) is 0 Å². The van der Waals surface area contributed by atoms with Crippen LogP contribution in [0.4, 0.5) is 0 Å². The molecule has 14 heavy (non-hydrogen) atoms. The summed E-state index contributed by atoms with van der Waals surface area (Å²) in [6.07, 6.45) is 8.69. The standard InChI is InChI=1S/C12H22O2/c1-4-6-8-10-12(13)14-11(3)9-7-5-2/h8,10-11H,4-7,9H2,1-3H3. The minimum atomic E-state index is -0.206. The second-order valence-corrected chi connectivity index (χ2v) is 3.58. The van der Waals surface area contributed by atoms with Gasteiger partial charge in [-0.15, -0.1) is 0 Å². The van der Waals surface area contributed by atoms with Crippen molar-refractivity contribution in [3.63, 3.8) is 0 Å². The van der Waals surface area contributed by atoms with Gasteiger partial charge in [-0.3, -0.25) is 0 Å². The molecule has 1 atom stereocenters. The molecule has 0 aromatic heterocycles. The highest BCUT2D eigenvalue weighted by Gasteiger charge is 2.05. The first-order chi connectivity index (χ1) is 6.70. The van der Waals surface area contributed by atoms with E-state index in [2.05, 4.69) is 13.8 Å². The normalized spacial score (nSPS) is 13.1. The van der Waals surface area contributed by atoms with Crippen LogP contribution in [0.15, 0.2) is 12.2 Å². The van der Waals surface area contributed by atoms with E-state index >= 15 is 0 Å². The molecule has 0 aromatic rings. The number of carbonyl (C=O) groups excluding carboxylic acids is 1. The lowest BCUT2D eigenvalue weighted by Crippen LogP contribution is -2.12. The molecule has 0 fully saturated rings. The van der Waals surface area contributed by atoms with Crippen LogP contribution in [0.2, 0.25) is 0 Å². The quantitative estimate of drug-likeness (QED) is 0.462. The van der Waals surface area contributed by atoms with Gasteiger partial charge in [-0.25, -0.2) is 4.79 Å². The van der Waals surface area contributed by atoms with Gasteiger partial charge in [0.1, 0.15) is 0 Å². The van der Waals surface area contributed by atoms with Crippen LogP contribution in [0, 0.1) is 0 Å². The Labute approximate surface area is 87.3 Å². The van der Waals surface area contributed by atoms with E-state index in [1.54, 1.807) is 0 Å². The molecule has 0 spiro atoms. The molecule has 0 radical (unpaired) electrons. The van der Waals surface area contributed by atoms with Gasteiger partial charge in [0.25, 0.3) is 0 Å². The Balaban J connectivity index is 3.59. The first kappa shape index (κ1) is 13.2. The van der Waals surface area contributed by atoms with Crippen molar-refractivity contribution in [1.82, 2.24) is 0 Å². The zero-order valence-electron chi connectivity index (χ0n) is 9.58. The molecule has 0 aliphatic carbocycles. The molecule has 0 saturated carbocycles. The van der Waals surface area contributed by atoms with E-state index in [1.807, 2.05) is 13.0 Å². The molecule has 0 saturated heterocycles. The zero-order chi connectivity index (χ0) is 10.8. The minimum Gasteiger partial charge on any atom is -0.460 e. The fourth-order valence-corrected chi connectivity index (χ4v) is 1.13. The molecule has 0 aromatic carbocycles. The van der Waals surface area contributed by atoms with Gasteiger partial charge in [0, 0.05) is 6.08 Å². The van der Waals surface area contributed by atoms with E-state index in [0.29, 0.717) is 0 Å². The van der Waals surface area contributed by atoms with Crippen LogP contribution < -0.4 is 0 Å². The van der Waals surface area contributed by atoms with Crippen LogP contribution in [0.25, 0.3) is 0 Å². The molecule has 1 unspecified atom stereocenters. The number of allylic oxidation sites excluding steroid dienone is 1. The largest absolute Gasteiger partial charge is 0.460 e. The first-order valence-electron chi connectivity index (χ1n) is 5.57. The number of esters is 1. The molecule has 0 bridgehead atoms. The lowest BCUT2D eigenvalue weighted by molar-refractivity contribution is -0.142. The summed E-state index contributed by atoms with van der Waals surface area (Å²) in [5.74, 6) is -0.206. The first-order valence-corrected chi connectivity index (χ1v) is 5.57. The number of unbranched alkanes of at least 4 members (excludes halogenated alkanes) is 2. The van der Waals surface area contributed by atoms with Crippen molar-refractivity contribution >= 4 is 5.97 Å². The second-order valence-electron chi connectivity index (χ2n) is 3.58. The summed E-state index contributed by atoms with van der Waals surface area (Å²) in [5.41, 5.74) is 0. The summed E-state index contributed by atoms with van der Waals surface area (Å²) in [4.78, 5) is 11.2. The molecular formula is C12H22O2. The molecule has 2 nitrogen and oxygen atoms in total. The molecular weight excluding hydrogens is 176 g/mol. The fraction of sp³-hybridized carbons (Fsp3) is 0.750. The van der Waals surface area contributed by atoms with Gasteiger partial charge in [0.2, 0.25) is 0 Å². The van der Waals surface area contributed by atoms with Gasteiger partial charge in [0.15, 0.2) is 0 Å². The maximum atomic E-state index is 11.2. The van der Waals surface area contributed by atoms with Gasteiger partial charge in [0.05, 0.1) is 6.10 Å². The summed E-state index contributed by atoms with van der Waals surface area (Å²) >= 11 is 0. The Morgan fingerprint density at radius 3 is 2.64 bits per heavy atom. The van der Waals surface area contributed by atoms with Crippen LogP contribution in [-0.2, 0) is 9.53 Å². The van der Waals surface area contributed by atoms with E-state index in [-0.39, 0.29) is 12.1 Å². The third-order valence-electron chi connectivity index (χ3n) is 1.99. The summed E-state index contributed by atoms with van der Waals surface area (Å²) in [5, 5.41) is 0. The van der Waals surface area contributed by atoms with Crippen LogP contribution in [0.1, 0.15) is 52.9 Å². The summed E-state index contributed by atoms with van der Waals surface area (Å²) in [6.45, 7) is 6.16. The number of hydrogen-bond acceptors (Lipinski definition) is 2. The lowest BCUT2D eigenvalue weighted by atomic mass is 10.2. The SMILES string of the molecule is CCCC=CC(=O)OC(C)CCCC. The highest BCUT2D eigenvalue weighted by molar-refractivity contribution is 5.81. The third-order valence-corrected chi connectivity index (χ3v) is 1.99. The maximum absolute atomic E-state index is 11.2. The van der Waals surface area contributed by atoms with Crippen LogP contribution >= 0.6 is 0 Å². The van der Waals surface area contributed by atoms with Crippen LogP contribution in [0.5, 0.6) is 0 Å². The van der Waals surface area contributed by atoms with E-state index in [9.17, 15) is 4.79 Å². The van der Waals surface area contributed by atoms with Crippen molar-refractivity contribution in [2.45, 2.75) is 59.0 Å². The Kier molecular flexibility index (Phi) is 8.30. The monoisotopic (exact) mass is 198 g/mol. The Bertz CT molecular complexity index is 173. The van der Waals surface area contributed by atoms with Crippen molar-refractivity contribution < 1.29 is 9.53 Å². The highest BCUT2D eigenvalue weighted by atomic mass is 16.5. The Hall–Kier alpha value is -0.790. The molecule has 0 N–H and O–H groups in total. The Morgan fingerprint density at radius 2 is 2.07 bits per heavy atom. The van der Waals surface area contributed by atoms with Gasteiger partial charge in [-0.1, -0.05) is 39.2 Å². The molecule has 0 amide bonds. The van der Waals surface area contributed by atoms with Gasteiger partial charge in [-0.05, 0) is 19.8 Å². The van der Waals surface area contributed by atoms with Crippen molar-refractivity contribution in [1.29, 1.82) is 0 Å². The average Bonchev–Trinajstić information content (AvgIpc) is 2.15. The molecule has 0 aliphatic heterocycles. The Morgan fingerprint density at radius 1 is 1.36 bits per heavy atom. The molecule has 82 valence electrons. The van der Waals surface area contributed by atoms with Gasteiger partial charge >= 0.3 is 5.97 Å². The number of carbonyl (C=O) groups is 1. The second kappa shape index (κ2) is 8.79. The number of rotatable bonds is 7. The predicted molar refractivity (Wildman–Crippen MR) is 59.1 cm³/mol. The smallest absolute Gasteiger partial charge is 0.330 e. The third kappa shape index (κ3) is 7.84. The number of hydrogen-bond donors (Lipinski definition) is 0.